The van der Waals surface area contributed by atoms with Crippen LogP contribution in [0, 0.1) is 12.3 Å². The van der Waals surface area contributed by atoms with Crippen LogP contribution in [0.3, 0.4) is 0 Å². The summed E-state index contributed by atoms with van der Waals surface area (Å²) in [6.07, 6.45) is 5.28. The molecule has 2 N–H and O–H groups in total. The zero-order valence-corrected chi connectivity index (χ0v) is 22.4. The molecule has 200 valence electrons. The molecule has 1 aliphatic heterocycles. The number of rotatable bonds is 9. The molecule has 3 aromatic rings. The van der Waals surface area contributed by atoms with Crippen LogP contribution in [0.1, 0.15) is 34.3 Å². The van der Waals surface area contributed by atoms with Crippen molar-refractivity contribution < 1.29 is 19.1 Å². The summed E-state index contributed by atoms with van der Waals surface area (Å²) in [7, 11) is 4.91. The molecule has 2 heterocycles. The highest BCUT2D eigenvalue weighted by molar-refractivity contribution is 5.97. The van der Waals surface area contributed by atoms with Gasteiger partial charge >= 0.3 is 0 Å². The van der Waals surface area contributed by atoms with Crippen LogP contribution in [0.15, 0.2) is 67.3 Å². The highest BCUT2D eigenvalue weighted by Gasteiger charge is 2.42. The van der Waals surface area contributed by atoms with E-state index in [-0.39, 0.29) is 11.8 Å². The van der Waals surface area contributed by atoms with E-state index in [1.54, 1.807) is 36.3 Å². The second-order valence-corrected chi connectivity index (χ2v) is 9.71. The summed E-state index contributed by atoms with van der Waals surface area (Å²) in [6, 6.07) is 13.5. The topological polar surface area (TPSA) is 97.7 Å². The highest BCUT2D eigenvalue weighted by Crippen LogP contribution is 2.37. The first kappa shape index (κ1) is 26.8. The number of hydrogen-bond donors (Lipinski definition) is 2. The minimum absolute atomic E-state index is 0.0235. The fraction of sp³-hybridized carbons (Fsp3) is 0.345. The van der Waals surface area contributed by atoms with E-state index >= 15 is 0 Å². The summed E-state index contributed by atoms with van der Waals surface area (Å²) >= 11 is 0. The Morgan fingerprint density at radius 1 is 1.08 bits per heavy atom. The lowest BCUT2D eigenvalue weighted by molar-refractivity contribution is -0.128. The van der Waals surface area contributed by atoms with Crippen LogP contribution in [-0.2, 0) is 18.3 Å². The van der Waals surface area contributed by atoms with E-state index in [1.807, 2.05) is 37.1 Å². The zero-order valence-electron chi connectivity index (χ0n) is 22.4. The number of aryl methyl sites for hydroxylation is 2. The molecule has 0 aliphatic carbocycles. The van der Waals surface area contributed by atoms with E-state index < -0.39 is 5.41 Å². The maximum absolute atomic E-state index is 13.6. The van der Waals surface area contributed by atoms with Gasteiger partial charge in [0, 0.05) is 31.9 Å². The Kier molecular flexibility index (Phi) is 8.05. The SMILES string of the molecule is C=C(NC(=O)c1cc(OC)c(OC)cc1C)N1CCC(Cc2ccccc2)(C(=O)Nc2cnn(C)c2)CC1. The van der Waals surface area contributed by atoms with Crippen molar-refractivity contribution in [2.24, 2.45) is 12.5 Å². The van der Waals surface area contributed by atoms with Gasteiger partial charge in [0.25, 0.3) is 5.91 Å². The fourth-order valence-electron chi connectivity index (χ4n) is 4.93. The van der Waals surface area contributed by atoms with Gasteiger partial charge in [-0.05, 0) is 49.4 Å². The molecule has 38 heavy (non-hydrogen) atoms. The van der Waals surface area contributed by atoms with Gasteiger partial charge in [-0.2, -0.15) is 5.10 Å². The number of amides is 2. The van der Waals surface area contributed by atoms with Crippen molar-refractivity contribution in [3.05, 3.63) is 83.9 Å². The molecule has 1 saturated heterocycles. The Morgan fingerprint density at radius 3 is 2.34 bits per heavy atom. The predicted molar refractivity (Wildman–Crippen MR) is 146 cm³/mol. The standard InChI is InChI=1S/C29H35N5O4/c1-20-15-25(37-4)26(38-5)16-24(20)27(35)31-21(2)34-13-11-29(12-14-34,17-22-9-7-6-8-10-22)28(36)32-23-18-30-33(3)19-23/h6-10,15-16,18-19H,2,11-14,17H2,1,3-5H3,(H,31,35)(H,32,36). The number of piperidine rings is 1. The van der Waals surface area contributed by atoms with Crippen LogP contribution in [0.5, 0.6) is 11.5 Å². The first-order valence-corrected chi connectivity index (χ1v) is 12.6. The van der Waals surface area contributed by atoms with E-state index in [0.717, 1.165) is 11.1 Å². The third-order valence-corrected chi connectivity index (χ3v) is 7.17. The Morgan fingerprint density at radius 2 is 1.74 bits per heavy atom. The van der Waals surface area contributed by atoms with Gasteiger partial charge in [-0.1, -0.05) is 36.9 Å². The van der Waals surface area contributed by atoms with Gasteiger partial charge in [0.15, 0.2) is 11.5 Å². The second kappa shape index (κ2) is 11.4. The third-order valence-electron chi connectivity index (χ3n) is 7.17. The molecule has 2 aromatic carbocycles. The predicted octanol–water partition coefficient (Wildman–Crippen LogP) is 3.91. The Bertz CT molecular complexity index is 1310. The van der Waals surface area contributed by atoms with E-state index in [9.17, 15) is 9.59 Å². The van der Waals surface area contributed by atoms with Gasteiger partial charge < -0.3 is 25.0 Å². The van der Waals surface area contributed by atoms with Gasteiger partial charge in [0.1, 0.15) is 5.82 Å². The number of nitrogens with zero attached hydrogens (tertiary/aromatic N) is 3. The van der Waals surface area contributed by atoms with Gasteiger partial charge in [-0.3, -0.25) is 14.3 Å². The van der Waals surface area contributed by atoms with Crippen LogP contribution < -0.4 is 20.1 Å². The van der Waals surface area contributed by atoms with Crippen LogP contribution in [-0.4, -0.2) is 53.8 Å². The van der Waals surface area contributed by atoms with Crippen molar-refractivity contribution in [2.45, 2.75) is 26.2 Å². The van der Waals surface area contributed by atoms with Crippen molar-refractivity contribution in [3.8, 4) is 11.5 Å². The molecule has 2 amide bonds. The minimum atomic E-state index is -0.599. The lowest BCUT2D eigenvalue weighted by Crippen LogP contribution is -2.49. The molecule has 4 rings (SSSR count). The van der Waals surface area contributed by atoms with Crippen LogP contribution in [0.4, 0.5) is 5.69 Å². The molecule has 0 bridgehead atoms. The molecule has 0 atom stereocenters. The number of carbonyl (C=O) groups excluding carboxylic acids is 2. The minimum Gasteiger partial charge on any atom is -0.493 e. The normalized spacial score (nSPS) is 14.5. The molecular formula is C29H35N5O4. The molecule has 0 radical (unpaired) electrons. The fourth-order valence-corrected chi connectivity index (χ4v) is 4.93. The van der Waals surface area contributed by atoms with Gasteiger partial charge in [0.2, 0.25) is 5.91 Å². The number of hydrogen-bond acceptors (Lipinski definition) is 6. The van der Waals surface area contributed by atoms with Crippen molar-refractivity contribution >= 4 is 17.5 Å². The smallest absolute Gasteiger partial charge is 0.257 e. The van der Waals surface area contributed by atoms with Gasteiger partial charge in [-0.15, -0.1) is 0 Å². The summed E-state index contributed by atoms with van der Waals surface area (Å²) in [5.74, 6) is 1.26. The molecule has 1 aromatic heterocycles. The lowest BCUT2D eigenvalue weighted by atomic mass is 9.73. The van der Waals surface area contributed by atoms with Crippen LogP contribution >= 0.6 is 0 Å². The summed E-state index contributed by atoms with van der Waals surface area (Å²) in [5.41, 5.74) is 2.43. The monoisotopic (exact) mass is 517 g/mol. The zero-order chi connectivity index (χ0) is 27.3. The van der Waals surface area contributed by atoms with Gasteiger partial charge in [0.05, 0.1) is 31.5 Å². The molecule has 1 aliphatic rings. The first-order chi connectivity index (χ1) is 18.2. The molecule has 0 spiro atoms. The Labute approximate surface area is 223 Å². The van der Waals surface area contributed by atoms with Crippen molar-refractivity contribution in [2.75, 3.05) is 32.6 Å². The number of carbonyl (C=O) groups is 2. The van der Waals surface area contributed by atoms with Crippen molar-refractivity contribution in [3.63, 3.8) is 0 Å². The maximum Gasteiger partial charge on any atom is 0.257 e. The molecule has 1 fully saturated rings. The van der Waals surface area contributed by atoms with E-state index in [2.05, 4.69) is 34.4 Å². The summed E-state index contributed by atoms with van der Waals surface area (Å²) in [6.45, 7) is 7.13. The largest absolute Gasteiger partial charge is 0.493 e. The second-order valence-electron chi connectivity index (χ2n) is 9.71. The molecule has 9 nitrogen and oxygen atoms in total. The highest BCUT2D eigenvalue weighted by atomic mass is 16.5. The van der Waals surface area contributed by atoms with Crippen molar-refractivity contribution in [1.29, 1.82) is 0 Å². The first-order valence-electron chi connectivity index (χ1n) is 12.6. The summed E-state index contributed by atoms with van der Waals surface area (Å²) in [5, 5.41) is 10.2. The summed E-state index contributed by atoms with van der Waals surface area (Å²) in [4.78, 5) is 28.7. The average molecular weight is 518 g/mol. The van der Waals surface area contributed by atoms with Crippen LogP contribution in [0.2, 0.25) is 0 Å². The third kappa shape index (κ3) is 5.82. The molecule has 0 saturated carbocycles. The van der Waals surface area contributed by atoms with Gasteiger partial charge in [-0.25, -0.2) is 0 Å². The Balaban J connectivity index is 1.46. The number of likely N-dealkylation sites (tertiary alicyclic amines) is 1. The number of anilines is 1. The molecule has 9 heteroatoms. The number of benzene rings is 2. The quantitative estimate of drug-likeness (QED) is 0.447. The van der Waals surface area contributed by atoms with Crippen molar-refractivity contribution in [1.82, 2.24) is 20.0 Å². The Hall–Kier alpha value is -4.27. The lowest BCUT2D eigenvalue weighted by Gasteiger charge is -2.42. The summed E-state index contributed by atoms with van der Waals surface area (Å²) < 4.78 is 12.4. The van der Waals surface area contributed by atoms with E-state index in [1.165, 1.54) is 7.11 Å². The van der Waals surface area contributed by atoms with E-state index in [0.29, 0.717) is 60.9 Å². The number of methoxy groups -OCH3 is 2. The number of aromatic nitrogens is 2. The number of nitrogens with one attached hydrogen (secondary N) is 2. The number of ether oxygens (including phenoxy) is 2. The average Bonchev–Trinajstić information content (AvgIpc) is 3.33. The molecular weight excluding hydrogens is 482 g/mol. The van der Waals surface area contributed by atoms with E-state index in [4.69, 9.17) is 9.47 Å². The van der Waals surface area contributed by atoms with Crippen LogP contribution in [0.25, 0.3) is 0 Å². The molecule has 0 unspecified atom stereocenters. The maximum atomic E-state index is 13.6.